The van der Waals surface area contributed by atoms with Crippen LogP contribution in [-0.4, -0.2) is 46.5 Å². The van der Waals surface area contributed by atoms with E-state index < -0.39 is 0 Å². The maximum Gasteiger partial charge on any atom is 0.216 e. The van der Waals surface area contributed by atoms with Crippen LogP contribution in [0.3, 0.4) is 0 Å². The third-order valence-electron chi connectivity index (χ3n) is 4.00. The summed E-state index contributed by atoms with van der Waals surface area (Å²) in [5, 5.41) is 7.69. The van der Waals surface area contributed by atoms with Crippen LogP contribution >= 0.6 is 11.3 Å². The predicted octanol–water partition coefficient (Wildman–Crippen LogP) is 2.08. The van der Waals surface area contributed by atoms with Gasteiger partial charge in [0.15, 0.2) is 0 Å². The number of ether oxygens (including phenoxy) is 2. The van der Waals surface area contributed by atoms with Crippen LogP contribution < -0.4 is 4.74 Å². The fourth-order valence-corrected chi connectivity index (χ4v) is 3.82. The van der Waals surface area contributed by atoms with Gasteiger partial charge in [-0.25, -0.2) is 9.67 Å². The Morgan fingerprint density at radius 1 is 1.45 bits per heavy atom. The lowest BCUT2D eigenvalue weighted by molar-refractivity contribution is -0.0131. The minimum Gasteiger partial charge on any atom is -0.481 e. The Bertz CT molecular complexity index is 652. The average molecular weight is 322 g/mol. The lowest BCUT2D eigenvalue weighted by Gasteiger charge is -2.34. The van der Waals surface area contributed by atoms with E-state index in [1.54, 1.807) is 23.1 Å². The topological polar surface area (TPSA) is 52.4 Å². The smallest absolute Gasteiger partial charge is 0.216 e. The molecule has 1 aliphatic heterocycles. The van der Waals surface area contributed by atoms with Crippen molar-refractivity contribution in [3.8, 4) is 5.88 Å². The van der Waals surface area contributed by atoms with E-state index >= 15 is 0 Å². The van der Waals surface area contributed by atoms with Crippen LogP contribution in [-0.2, 0) is 18.3 Å². The zero-order chi connectivity index (χ0) is 15.7. The van der Waals surface area contributed by atoms with E-state index in [4.69, 9.17) is 9.47 Å². The molecule has 0 radical (unpaired) electrons. The molecule has 0 amide bonds. The molecule has 0 saturated carbocycles. The molecule has 1 fully saturated rings. The zero-order valence-electron chi connectivity index (χ0n) is 13.5. The summed E-state index contributed by atoms with van der Waals surface area (Å²) in [7, 11) is 3.61. The van der Waals surface area contributed by atoms with Crippen LogP contribution in [0, 0.1) is 13.8 Å². The predicted molar refractivity (Wildman–Crippen MR) is 85.3 cm³/mol. The lowest BCUT2D eigenvalue weighted by Crippen LogP contribution is -2.39. The highest BCUT2D eigenvalue weighted by atomic mass is 32.1. The van der Waals surface area contributed by atoms with Crippen molar-refractivity contribution < 1.29 is 9.47 Å². The van der Waals surface area contributed by atoms with Crippen molar-refractivity contribution in [2.75, 3.05) is 26.9 Å². The number of morpholine rings is 1. The summed E-state index contributed by atoms with van der Waals surface area (Å²) in [6, 6.07) is 0.205. The summed E-state index contributed by atoms with van der Waals surface area (Å²) in [6.07, 6.45) is 0. The maximum absolute atomic E-state index is 5.68. The van der Waals surface area contributed by atoms with Crippen molar-refractivity contribution in [1.82, 2.24) is 19.7 Å². The summed E-state index contributed by atoms with van der Waals surface area (Å²) in [6.45, 7) is 7.19. The van der Waals surface area contributed by atoms with E-state index in [0.29, 0.717) is 6.61 Å². The molecule has 3 heterocycles. The molecule has 1 aliphatic rings. The third-order valence-corrected chi connectivity index (χ3v) is 5.07. The highest BCUT2D eigenvalue weighted by Crippen LogP contribution is 2.31. The summed E-state index contributed by atoms with van der Waals surface area (Å²) < 4.78 is 13.0. The molecule has 22 heavy (non-hydrogen) atoms. The van der Waals surface area contributed by atoms with E-state index in [9.17, 15) is 0 Å². The van der Waals surface area contributed by atoms with Crippen molar-refractivity contribution in [1.29, 1.82) is 0 Å². The zero-order valence-corrected chi connectivity index (χ0v) is 14.3. The van der Waals surface area contributed by atoms with Gasteiger partial charge in [-0.1, -0.05) is 0 Å². The summed E-state index contributed by atoms with van der Waals surface area (Å²) in [4.78, 5) is 7.05. The molecule has 0 aliphatic carbocycles. The number of aryl methyl sites for hydroxylation is 3. The molecule has 1 saturated heterocycles. The van der Waals surface area contributed by atoms with Gasteiger partial charge in [-0.15, -0.1) is 11.3 Å². The fourth-order valence-electron chi connectivity index (χ4n) is 2.90. The molecule has 2 aromatic rings. The number of nitrogens with zero attached hydrogens (tertiary/aromatic N) is 4. The number of hydrogen-bond acceptors (Lipinski definition) is 6. The van der Waals surface area contributed by atoms with E-state index in [1.165, 1.54) is 0 Å². The second kappa shape index (κ2) is 6.36. The lowest BCUT2D eigenvalue weighted by atomic mass is 10.1. The number of aromatic nitrogens is 3. The molecule has 0 unspecified atom stereocenters. The van der Waals surface area contributed by atoms with Gasteiger partial charge in [-0.05, 0) is 13.8 Å². The first-order valence-electron chi connectivity index (χ1n) is 7.40. The Morgan fingerprint density at radius 3 is 2.95 bits per heavy atom. The molecular formula is C15H22N4O2S. The Hall–Kier alpha value is -1.44. The molecule has 2 aromatic heterocycles. The monoisotopic (exact) mass is 322 g/mol. The molecule has 3 rings (SSSR count). The molecular weight excluding hydrogens is 300 g/mol. The highest BCUT2D eigenvalue weighted by Gasteiger charge is 2.29. The minimum absolute atomic E-state index is 0.205. The standard InChI is InChI=1S/C15H22N4O2S/c1-10-9-22-14(16-10)13-8-21-6-5-19(13)7-12-11(2)17-18(3)15(12)20-4/h9,13H,5-8H2,1-4H3/t13-/m0/s1. The normalized spacial score (nSPS) is 19.5. The van der Waals surface area contributed by atoms with E-state index in [-0.39, 0.29) is 6.04 Å². The molecule has 0 spiro atoms. The van der Waals surface area contributed by atoms with Gasteiger partial charge >= 0.3 is 0 Å². The average Bonchev–Trinajstić information content (AvgIpc) is 3.04. The Labute approximate surface area is 134 Å². The second-order valence-corrected chi connectivity index (χ2v) is 6.47. The van der Waals surface area contributed by atoms with E-state index in [0.717, 1.165) is 47.5 Å². The molecule has 0 aromatic carbocycles. The summed E-state index contributed by atoms with van der Waals surface area (Å²) in [5.74, 6) is 0.832. The molecule has 7 heteroatoms. The van der Waals surface area contributed by atoms with Gasteiger partial charge in [0.1, 0.15) is 5.01 Å². The first-order chi connectivity index (χ1) is 10.6. The van der Waals surface area contributed by atoms with Gasteiger partial charge in [0, 0.05) is 31.2 Å². The van der Waals surface area contributed by atoms with Crippen LogP contribution in [0.15, 0.2) is 5.38 Å². The maximum atomic E-state index is 5.68. The van der Waals surface area contributed by atoms with Crippen LogP contribution in [0.2, 0.25) is 0 Å². The van der Waals surface area contributed by atoms with Gasteiger partial charge in [-0.3, -0.25) is 4.90 Å². The van der Waals surface area contributed by atoms with E-state index in [1.807, 2.05) is 20.9 Å². The van der Waals surface area contributed by atoms with Crippen molar-refractivity contribution in [2.45, 2.75) is 26.4 Å². The van der Waals surface area contributed by atoms with Crippen molar-refractivity contribution in [3.63, 3.8) is 0 Å². The van der Waals surface area contributed by atoms with Crippen LogP contribution in [0.1, 0.15) is 28.0 Å². The quantitative estimate of drug-likeness (QED) is 0.862. The summed E-state index contributed by atoms with van der Waals surface area (Å²) in [5.41, 5.74) is 3.23. The molecule has 0 N–H and O–H groups in total. The molecule has 1 atom stereocenters. The Balaban J connectivity index is 1.86. The van der Waals surface area contributed by atoms with Gasteiger partial charge < -0.3 is 9.47 Å². The first-order valence-corrected chi connectivity index (χ1v) is 8.28. The number of methoxy groups -OCH3 is 1. The van der Waals surface area contributed by atoms with Gasteiger partial charge in [0.25, 0.3) is 0 Å². The third kappa shape index (κ3) is 2.88. The van der Waals surface area contributed by atoms with Gasteiger partial charge in [-0.2, -0.15) is 5.10 Å². The van der Waals surface area contributed by atoms with Crippen LogP contribution in [0.4, 0.5) is 0 Å². The van der Waals surface area contributed by atoms with Gasteiger partial charge in [0.2, 0.25) is 5.88 Å². The second-order valence-electron chi connectivity index (χ2n) is 5.59. The Morgan fingerprint density at radius 2 is 2.27 bits per heavy atom. The molecule has 0 bridgehead atoms. The van der Waals surface area contributed by atoms with Crippen molar-refractivity contribution >= 4 is 11.3 Å². The number of thiazole rings is 1. The summed E-state index contributed by atoms with van der Waals surface area (Å²) >= 11 is 1.70. The first kappa shape index (κ1) is 15.5. The number of hydrogen-bond donors (Lipinski definition) is 0. The largest absolute Gasteiger partial charge is 0.481 e. The molecule has 6 nitrogen and oxygen atoms in total. The van der Waals surface area contributed by atoms with Gasteiger partial charge in [0.05, 0.1) is 37.6 Å². The van der Waals surface area contributed by atoms with Crippen molar-refractivity contribution in [2.24, 2.45) is 7.05 Å². The Kier molecular flexibility index (Phi) is 4.46. The van der Waals surface area contributed by atoms with Crippen molar-refractivity contribution in [3.05, 3.63) is 27.3 Å². The highest BCUT2D eigenvalue weighted by molar-refractivity contribution is 7.09. The molecule has 120 valence electrons. The number of rotatable bonds is 4. The van der Waals surface area contributed by atoms with E-state index in [2.05, 4.69) is 20.4 Å². The minimum atomic E-state index is 0.205. The van der Waals surface area contributed by atoms with Crippen LogP contribution in [0.25, 0.3) is 0 Å². The SMILES string of the molecule is COc1c(CN2CCOC[C@H]2c2nc(C)cs2)c(C)nn1C. The van der Waals surface area contributed by atoms with Crippen LogP contribution in [0.5, 0.6) is 5.88 Å². The fraction of sp³-hybridized carbons (Fsp3) is 0.600.